The van der Waals surface area contributed by atoms with Crippen LogP contribution in [0.1, 0.15) is 18.4 Å². The van der Waals surface area contributed by atoms with E-state index in [1.54, 1.807) is 31.5 Å². The maximum atomic E-state index is 12.1. The highest BCUT2D eigenvalue weighted by atomic mass is 35.5. The lowest BCUT2D eigenvalue weighted by Crippen LogP contribution is -2.27. The Morgan fingerprint density at radius 1 is 1.30 bits per heavy atom. The molecule has 142 valence electrons. The second kappa shape index (κ2) is 8.73. The minimum Gasteiger partial charge on any atom is -0.495 e. The van der Waals surface area contributed by atoms with Crippen LogP contribution in [-0.2, 0) is 17.8 Å². The lowest BCUT2D eigenvalue weighted by Gasteiger charge is -2.07. The van der Waals surface area contributed by atoms with E-state index < -0.39 is 0 Å². The van der Waals surface area contributed by atoms with Gasteiger partial charge in [-0.25, -0.2) is 9.48 Å². The maximum Gasteiger partial charge on any atom is 0.350 e. The Balaban J connectivity index is 1.42. The first-order valence-electron chi connectivity index (χ1n) is 8.72. The van der Waals surface area contributed by atoms with E-state index >= 15 is 0 Å². The van der Waals surface area contributed by atoms with Gasteiger partial charge in [0.1, 0.15) is 5.75 Å². The number of nitrogens with one attached hydrogen (secondary N) is 1. The second-order valence-electron chi connectivity index (χ2n) is 6.11. The Morgan fingerprint density at radius 2 is 2.15 bits per heavy atom. The van der Waals surface area contributed by atoms with Crippen molar-refractivity contribution >= 4 is 23.2 Å². The fraction of sp³-hybridized carbons (Fsp3) is 0.316. The van der Waals surface area contributed by atoms with Gasteiger partial charge in [0, 0.05) is 25.7 Å². The molecule has 0 fully saturated rings. The predicted molar refractivity (Wildman–Crippen MR) is 103 cm³/mol. The average Bonchev–Trinajstić information content (AvgIpc) is 3.00. The van der Waals surface area contributed by atoms with Crippen molar-refractivity contribution in [3.63, 3.8) is 0 Å². The molecule has 0 saturated heterocycles. The van der Waals surface area contributed by atoms with Crippen LogP contribution >= 0.6 is 11.6 Å². The molecule has 1 N–H and O–H groups in total. The highest BCUT2D eigenvalue weighted by molar-refractivity contribution is 6.32. The van der Waals surface area contributed by atoms with Gasteiger partial charge >= 0.3 is 5.69 Å². The van der Waals surface area contributed by atoms with Crippen molar-refractivity contribution in [1.29, 1.82) is 0 Å². The molecule has 27 heavy (non-hydrogen) atoms. The van der Waals surface area contributed by atoms with Crippen LogP contribution in [0.2, 0.25) is 5.02 Å². The first kappa shape index (κ1) is 19.0. The number of ether oxygens (including phenoxy) is 1. The van der Waals surface area contributed by atoms with Crippen LogP contribution < -0.4 is 15.7 Å². The SMILES string of the molecule is COc1ccc(CCC(=O)NCCCn2nc3ccccn3c2=O)cc1Cl. The Labute approximate surface area is 161 Å². The van der Waals surface area contributed by atoms with Gasteiger partial charge in [-0.3, -0.25) is 9.20 Å². The van der Waals surface area contributed by atoms with Crippen LogP contribution in [0.15, 0.2) is 47.4 Å². The minimum atomic E-state index is -0.173. The number of rotatable bonds is 8. The Morgan fingerprint density at radius 3 is 2.89 bits per heavy atom. The summed E-state index contributed by atoms with van der Waals surface area (Å²) in [6, 6.07) is 10.9. The monoisotopic (exact) mass is 388 g/mol. The fourth-order valence-electron chi connectivity index (χ4n) is 2.78. The van der Waals surface area contributed by atoms with Gasteiger partial charge in [0.15, 0.2) is 5.65 Å². The molecule has 0 aliphatic rings. The zero-order valence-corrected chi connectivity index (χ0v) is 15.8. The summed E-state index contributed by atoms with van der Waals surface area (Å²) in [5.74, 6) is 0.580. The number of hydrogen-bond acceptors (Lipinski definition) is 4. The molecule has 0 radical (unpaired) electrons. The summed E-state index contributed by atoms with van der Waals surface area (Å²) in [5, 5.41) is 7.66. The molecule has 0 aliphatic heterocycles. The van der Waals surface area contributed by atoms with E-state index in [4.69, 9.17) is 16.3 Å². The number of benzene rings is 1. The first-order chi connectivity index (χ1) is 13.1. The molecule has 1 aromatic carbocycles. The fourth-order valence-corrected chi connectivity index (χ4v) is 3.06. The molecular weight excluding hydrogens is 368 g/mol. The predicted octanol–water partition coefficient (Wildman–Crippen LogP) is 2.30. The van der Waals surface area contributed by atoms with Gasteiger partial charge in [-0.15, -0.1) is 5.10 Å². The number of pyridine rings is 1. The summed E-state index contributed by atoms with van der Waals surface area (Å²) in [4.78, 5) is 24.1. The van der Waals surface area contributed by atoms with Gasteiger partial charge in [0.2, 0.25) is 5.91 Å². The molecule has 1 amide bonds. The van der Waals surface area contributed by atoms with Crippen LogP contribution in [0.3, 0.4) is 0 Å². The molecule has 0 spiro atoms. The smallest absolute Gasteiger partial charge is 0.350 e. The Hall–Kier alpha value is -2.80. The van der Waals surface area contributed by atoms with Crippen molar-refractivity contribution in [1.82, 2.24) is 19.5 Å². The topological polar surface area (TPSA) is 77.6 Å². The van der Waals surface area contributed by atoms with Crippen molar-refractivity contribution in [3.8, 4) is 5.75 Å². The zero-order valence-electron chi connectivity index (χ0n) is 15.0. The van der Waals surface area contributed by atoms with Gasteiger partial charge in [-0.2, -0.15) is 0 Å². The molecule has 2 heterocycles. The molecule has 0 aliphatic carbocycles. The number of hydrogen-bond donors (Lipinski definition) is 1. The molecule has 0 atom stereocenters. The number of carbonyl (C=O) groups is 1. The molecular formula is C19H21ClN4O3. The van der Waals surface area contributed by atoms with Crippen LogP contribution in [0.25, 0.3) is 5.65 Å². The van der Waals surface area contributed by atoms with Gasteiger partial charge < -0.3 is 10.1 Å². The van der Waals surface area contributed by atoms with Crippen molar-refractivity contribution < 1.29 is 9.53 Å². The molecule has 0 unspecified atom stereocenters. The van der Waals surface area contributed by atoms with E-state index in [2.05, 4.69) is 10.4 Å². The largest absolute Gasteiger partial charge is 0.495 e. The standard InChI is InChI=1S/C19H21ClN4O3/c1-27-16-8-6-14(13-15(16)20)7-9-18(25)21-10-4-12-24-19(26)23-11-3-2-5-17(23)22-24/h2-3,5-6,8,11,13H,4,7,9-10,12H2,1H3,(H,21,25). The van der Waals surface area contributed by atoms with Crippen molar-refractivity contribution in [2.24, 2.45) is 0 Å². The number of amides is 1. The summed E-state index contributed by atoms with van der Waals surface area (Å²) in [6.07, 6.45) is 3.29. The summed E-state index contributed by atoms with van der Waals surface area (Å²) in [6.45, 7) is 0.942. The number of aryl methyl sites for hydroxylation is 2. The quantitative estimate of drug-likeness (QED) is 0.600. The highest BCUT2D eigenvalue weighted by Crippen LogP contribution is 2.25. The van der Waals surface area contributed by atoms with E-state index in [9.17, 15) is 9.59 Å². The second-order valence-corrected chi connectivity index (χ2v) is 6.51. The number of fused-ring (bicyclic) bond motifs is 1. The molecule has 8 heteroatoms. The van der Waals surface area contributed by atoms with Crippen molar-refractivity contribution in [2.45, 2.75) is 25.8 Å². The van der Waals surface area contributed by atoms with Crippen LogP contribution in [-0.4, -0.2) is 33.7 Å². The van der Waals surface area contributed by atoms with Gasteiger partial charge in [-0.05, 0) is 42.7 Å². The minimum absolute atomic E-state index is 0.0377. The van der Waals surface area contributed by atoms with Crippen LogP contribution in [0.4, 0.5) is 0 Å². The van der Waals surface area contributed by atoms with Gasteiger partial charge in [0.25, 0.3) is 0 Å². The summed E-state index contributed by atoms with van der Waals surface area (Å²) < 4.78 is 8.03. The molecule has 0 bridgehead atoms. The van der Waals surface area contributed by atoms with E-state index in [-0.39, 0.29) is 11.6 Å². The number of methoxy groups -OCH3 is 1. The molecule has 7 nitrogen and oxygen atoms in total. The molecule has 3 rings (SSSR count). The van der Waals surface area contributed by atoms with Gasteiger partial charge in [0.05, 0.1) is 12.1 Å². The molecule has 2 aromatic heterocycles. The van der Waals surface area contributed by atoms with E-state index in [1.165, 1.54) is 9.08 Å². The lowest BCUT2D eigenvalue weighted by molar-refractivity contribution is -0.121. The zero-order chi connectivity index (χ0) is 19.2. The van der Waals surface area contributed by atoms with Crippen molar-refractivity contribution in [3.05, 3.63) is 63.7 Å². The van der Waals surface area contributed by atoms with E-state index in [1.807, 2.05) is 18.2 Å². The third-order valence-corrected chi connectivity index (χ3v) is 4.51. The Kier molecular flexibility index (Phi) is 6.13. The molecule has 0 saturated carbocycles. The summed E-state index contributed by atoms with van der Waals surface area (Å²) in [5.41, 5.74) is 1.42. The average molecular weight is 389 g/mol. The number of aromatic nitrogens is 3. The summed E-state index contributed by atoms with van der Waals surface area (Å²) >= 11 is 6.09. The number of carbonyl (C=O) groups excluding carboxylic acids is 1. The maximum absolute atomic E-state index is 12.1. The van der Waals surface area contributed by atoms with Gasteiger partial charge in [-0.1, -0.05) is 23.7 Å². The summed E-state index contributed by atoms with van der Waals surface area (Å²) in [7, 11) is 1.56. The normalized spacial score (nSPS) is 10.9. The van der Waals surface area contributed by atoms with Crippen LogP contribution in [0, 0.1) is 0 Å². The highest BCUT2D eigenvalue weighted by Gasteiger charge is 2.07. The molecule has 3 aromatic rings. The van der Waals surface area contributed by atoms with Crippen LogP contribution in [0.5, 0.6) is 5.75 Å². The third-order valence-electron chi connectivity index (χ3n) is 4.21. The van der Waals surface area contributed by atoms with Crippen molar-refractivity contribution in [2.75, 3.05) is 13.7 Å². The van der Waals surface area contributed by atoms with E-state index in [0.717, 1.165) is 5.56 Å². The number of halogens is 1. The first-order valence-corrected chi connectivity index (χ1v) is 9.09. The third kappa shape index (κ3) is 4.68. The number of nitrogens with zero attached hydrogens (tertiary/aromatic N) is 3. The van der Waals surface area contributed by atoms with E-state index in [0.29, 0.717) is 48.8 Å². The Bertz CT molecular complexity index is 996. The lowest BCUT2D eigenvalue weighted by atomic mass is 10.1.